The maximum Gasteiger partial charge on any atom is 0.410 e. The Bertz CT molecular complexity index is 388. The molecule has 0 spiro atoms. The van der Waals surface area contributed by atoms with E-state index in [2.05, 4.69) is 10.6 Å². The number of nitrogens with one attached hydrogen (secondary N) is 2. The number of carbonyl (C=O) groups excluding carboxylic acids is 2. The maximum absolute atomic E-state index is 12.1. The van der Waals surface area contributed by atoms with Gasteiger partial charge in [0.1, 0.15) is 5.60 Å². The first-order chi connectivity index (χ1) is 9.85. The van der Waals surface area contributed by atoms with E-state index in [4.69, 9.17) is 4.74 Å². The molecule has 1 atom stereocenters. The molecule has 1 heterocycles. The van der Waals surface area contributed by atoms with Gasteiger partial charge in [-0.2, -0.15) is 0 Å². The third-order valence-corrected chi connectivity index (χ3v) is 3.61. The fourth-order valence-electron chi connectivity index (χ4n) is 2.47. The molecule has 1 saturated heterocycles. The van der Waals surface area contributed by atoms with E-state index < -0.39 is 5.60 Å². The highest BCUT2D eigenvalue weighted by Gasteiger charge is 2.32. The third kappa shape index (κ3) is 5.53. The second kappa shape index (κ2) is 6.64. The Morgan fingerprint density at radius 1 is 1.24 bits per heavy atom. The van der Waals surface area contributed by atoms with Crippen molar-refractivity contribution in [2.24, 2.45) is 0 Å². The van der Waals surface area contributed by atoms with Gasteiger partial charge in [0, 0.05) is 25.2 Å². The highest BCUT2D eigenvalue weighted by atomic mass is 16.6. The minimum absolute atomic E-state index is 0.0410. The average Bonchev–Trinajstić information content (AvgIpc) is 3.03. The smallest absolute Gasteiger partial charge is 0.410 e. The lowest BCUT2D eigenvalue weighted by Crippen LogP contribution is -2.45. The Morgan fingerprint density at radius 2 is 1.95 bits per heavy atom. The molecule has 1 unspecified atom stereocenters. The van der Waals surface area contributed by atoms with Crippen molar-refractivity contribution in [2.75, 3.05) is 19.6 Å². The van der Waals surface area contributed by atoms with Gasteiger partial charge in [0.05, 0.1) is 6.54 Å². The molecule has 6 heteroatoms. The van der Waals surface area contributed by atoms with E-state index in [0.29, 0.717) is 19.1 Å². The summed E-state index contributed by atoms with van der Waals surface area (Å²) in [5.41, 5.74) is -0.470. The average molecular weight is 297 g/mol. The van der Waals surface area contributed by atoms with Crippen LogP contribution in [0.5, 0.6) is 0 Å². The highest BCUT2D eigenvalue weighted by Crippen LogP contribution is 2.20. The molecule has 21 heavy (non-hydrogen) atoms. The molecular weight excluding hydrogens is 270 g/mol. The highest BCUT2D eigenvalue weighted by molar-refractivity contribution is 5.78. The largest absolute Gasteiger partial charge is 0.444 e. The monoisotopic (exact) mass is 297 g/mol. The summed E-state index contributed by atoms with van der Waals surface area (Å²) < 4.78 is 5.42. The molecule has 1 aliphatic heterocycles. The zero-order valence-electron chi connectivity index (χ0n) is 13.3. The number of rotatable bonds is 5. The van der Waals surface area contributed by atoms with Crippen molar-refractivity contribution in [2.45, 2.75) is 64.1 Å². The van der Waals surface area contributed by atoms with Crippen LogP contribution in [0.15, 0.2) is 0 Å². The lowest BCUT2D eigenvalue weighted by atomic mass is 10.2. The number of ether oxygens (including phenoxy) is 1. The Balaban J connectivity index is 1.71. The fraction of sp³-hybridized carbons (Fsp3) is 0.867. The Kier molecular flexibility index (Phi) is 5.08. The molecule has 1 saturated carbocycles. The van der Waals surface area contributed by atoms with Crippen LogP contribution in [0.2, 0.25) is 0 Å². The summed E-state index contributed by atoms with van der Waals surface area (Å²) in [6.45, 7) is 7.30. The lowest BCUT2D eigenvalue weighted by molar-refractivity contribution is -0.120. The van der Waals surface area contributed by atoms with E-state index in [-0.39, 0.29) is 18.0 Å². The predicted octanol–water partition coefficient (Wildman–Crippen LogP) is 1.25. The van der Waals surface area contributed by atoms with Crippen LogP contribution >= 0.6 is 0 Å². The van der Waals surface area contributed by atoms with E-state index in [1.165, 1.54) is 0 Å². The summed E-state index contributed by atoms with van der Waals surface area (Å²) in [6.07, 6.45) is 3.88. The van der Waals surface area contributed by atoms with E-state index in [0.717, 1.165) is 32.2 Å². The van der Waals surface area contributed by atoms with Crippen LogP contribution in [0.3, 0.4) is 0 Å². The maximum atomic E-state index is 12.1. The van der Waals surface area contributed by atoms with Gasteiger partial charge in [-0.25, -0.2) is 4.79 Å². The van der Waals surface area contributed by atoms with Crippen LogP contribution in [0, 0.1) is 0 Å². The van der Waals surface area contributed by atoms with Crippen molar-refractivity contribution in [1.29, 1.82) is 0 Å². The standard InChI is InChI=1S/C15H27N3O3/c1-15(2,3)21-14(20)18-8-4-5-12(18)9-16-10-13(19)17-11-6-7-11/h11-12,16H,4-10H2,1-3H3,(H,17,19). The second-order valence-electron chi connectivity index (χ2n) is 6.94. The first-order valence-corrected chi connectivity index (χ1v) is 7.85. The van der Waals surface area contributed by atoms with Crippen molar-refractivity contribution < 1.29 is 14.3 Å². The molecule has 2 amide bonds. The van der Waals surface area contributed by atoms with Crippen LogP contribution in [-0.4, -0.2) is 54.2 Å². The van der Waals surface area contributed by atoms with Crippen LogP contribution in [0.1, 0.15) is 46.5 Å². The van der Waals surface area contributed by atoms with Gasteiger partial charge in [0.15, 0.2) is 0 Å². The van der Waals surface area contributed by atoms with Gasteiger partial charge in [-0.3, -0.25) is 4.79 Å². The predicted molar refractivity (Wildman–Crippen MR) is 80.0 cm³/mol. The molecule has 0 aromatic carbocycles. The van der Waals surface area contributed by atoms with Gasteiger partial charge in [0.25, 0.3) is 0 Å². The van der Waals surface area contributed by atoms with Crippen LogP contribution in [0.25, 0.3) is 0 Å². The SMILES string of the molecule is CC(C)(C)OC(=O)N1CCCC1CNCC(=O)NC1CC1. The van der Waals surface area contributed by atoms with Gasteiger partial charge in [-0.15, -0.1) is 0 Å². The molecule has 2 N–H and O–H groups in total. The lowest BCUT2D eigenvalue weighted by Gasteiger charge is -2.28. The number of carbonyl (C=O) groups is 2. The molecule has 6 nitrogen and oxygen atoms in total. The quantitative estimate of drug-likeness (QED) is 0.801. The first kappa shape index (κ1) is 16.1. The van der Waals surface area contributed by atoms with Crippen LogP contribution < -0.4 is 10.6 Å². The molecule has 1 aliphatic carbocycles. The van der Waals surface area contributed by atoms with Crippen LogP contribution in [-0.2, 0) is 9.53 Å². The van der Waals surface area contributed by atoms with Gasteiger partial charge in [-0.05, 0) is 46.5 Å². The van der Waals surface area contributed by atoms with E-state index in [1.807, 2.05) is 20.8 Å². The molecule has 0 aromatic heterocycles. The zero-order chi connectivity index (χ0) is 15.5. The third-order valence-electron chi connectivity index (χ3n) is 3.61. The van der Waals surface area contributed by atoms with Crippen molar-refractivity contribution in [3.8, 4) is 0 Å². The number of hydrogen-bond acceptors (Lipinski definition) is 4. The molecule has 120 valence electrons. The van der Waals surface area contributed by atoms with Gasteiger partial charge in [-0.1, -0.05) is 0 Å². The summed E-state index contributed by atoms with van der Waals surface area (Å²) in [5.74, 6) is 0.0410. The van der Waals surface area contributed by atoms with Crippen LogP contribution in [0.4, 0.5) is 4.79 Å². The Hall–Kier alpha value is -1.30. The van der Waals surface area contributed by atoms with Crippen molar-refractivity contribution >= 4 is 12.0 Å². The number of nitrogens with zero attached hydrogens (tertiary/aromatic N) is 1. The fourth-order valence-corrected chi connectivity index (χ4v) is 2.47. The summed E-state index contributed by atoms with van der Waals surface area (Å²) >= 11 is 0. The molecule has 2 rings (SSSR count). The van der Waals surface area contributed by atoms with Crippen molar-refractivity contribution in [3.63, 3.8) is 0 Å². The van der Waals surface area contributed by atoms with E-state index in [9.17, 15) is 9.59 Å². The molecular formula is C15H27N3O3. The Morgan fingerprint density at radius 3 is 2.57 bits per heavy atom. The normalized spacial score (nSPS) is 22.2. The second-order valence-corrected chi connectivity index (χ2v) is 6.94. The summed E-state index contributed by atoms with van der Waals surface area (Å²) in [5, 5.41) is 6.08. The number of likely N-dealkylation sites (tertiary alicyclic amines) is 1. The summed E-state index contributed by atoms with van der Waals surface area (Å²) in [6, 6.07) is 0.512. The number of amides is 2. The summed E-state index contributed by atoms with van der Waals surface area (Å²) in [4.78, 5) is 25.5. The summed E-state index contributed by atoms with van der Waals surface area (Å²) in [7, 11) is 0. The topological polar surface area (TPSA) is 70.7 Å². The van der Waals surface area contributed by atoms with Gasteiger partial charge >= 0.3 is 6.09 Å². The van der Waals surface area contributed by atoms with Crippen molar-refractivity contribution in [3.05, 3.63) is 0 Å². The zero-order valence-corrected chi connectivity index (χ0v) is 13.3. The van der Waals surface area contributed by atoms with Crippen molar-refractivity contribution in [1.82, 2.24) is 15.5 Å². The molecule has 0 aromatic rings. The van der Waals surface area contributed by atoms with Gasteiger partial charge in [0.2, 0.25) is 5.91 Å². The molecule has 0 radical (unpaired) electrons. The molecule has 2 aliphatic rings. The van der Waals surface area contributed by atoms with E-state index >= 15 is 0 Å². The first-order valence-electron chi connectivity index (χ1n) is 7.85. The molecule has 2 fully saturated rings. The Labute approximate surface area is 126 Å². The minimum Gasteiger partial charge on any atom is -0.444 e. The molecule has 0 bridgehead atoms. The van der Waals surface area contributed by atoms with E-state index in [1.54, 1.807) is 4.90 Å². The van der Waals surface area contributed by atoms with Gasteiger partial charge < -0.3 is 20.3 Å². The minimum atomic E-state index is -0.470. The number of hydrogen-bond donors (Lipinski definition) is 2.